The van der Waals surface area contributed by atoms with Crippen molar-refractivity contribution in [3.8, 4) is 0 Å². The summed E-state index contributed by atoms with van der Waals surface area (Å²) in [5.41, 5.74) is 2.74. The van der Waals surface area contributed by atoms with Gasteiger partial charge < -0.3 is 15.5 Å². The number of hydrogen-bond donors (Lipinski definition) is 2. The first-order valence-corrected chi connectivity index (χ1v) is 9.40. The van der Waals surface area contributed by atoms with Gasteiger partial charge in [-0.2, -0.15) is 0 Å². The second-order valence-corrected chi connectivity index (χ2v) is 6.26. The topological polar surface area (TPSA) is 39.7 Å². The van der Waals surface area contributed by atoms with Crippen LogP contribution < -0.4 is 10.6 Å². The summed E-state index contributed by atoms with van der Waals surface area (Å²) in [4.78, 5) is 6.83. The summed E-state index contributed by atoms with van der Waals surface area (Å²) in [6.07, 6.45) is 3.43. The molecule has 0 aliphatic heterocycles. The molecule has 0 aliphatic rings. The average molecular weight is 333 g/mol. The third-order valence-electron chi connectivity index (χ3n) is 4.56. The Kier molecular flexibility index (Phi) is 10.2. The van der Waals surface area contributed by atoms with Gasteiger partial charge in [0.1, 0.15) is 0 Å². The summed E-state index contributed by atoms with van der Waals surface area (Å²) in [6, 6.07) is 9.01. The molecule has 136 valence electrons. The lowest BCUT2D eigenvalue weighted by molar-refractivity contribution is 0.292. The molecule has 1 rings (SSSR count). The van der Waals surface area contributed by atoms with Crippen molar-refractivity contribution in [3.63, 3.8) is 0 Å². The van der Waals surface area contributed by atoms with Gasteiger partial charge in [0.25, 0.3) is 0 Å². The molecule has 0 spiro atoms. The second kappa shape index (κ2) is 11.9. The lowest BCUT2D eigenvalue weighted by Crippen LogP contribution is -2.42. The van der Waals surface area contributed by atoms with Crippen LogP contribution in [-0.4, -0.2) is 43.6 Å². The van der Waals surface area contributed by atoms with Crippen molar-refractivity contribution in [3.05, 3.63) is 35.4 Å². The summed E-state index contributed by atoms with van der Waals surface area (Å²) < 4.78 is 0. The molecule has 1 aromatic carbocycles. The second-order valence-electron chi connectivity index (χ2n) is 6.26. The van der Waals surface area contributed by atoms with Crippen molar-refractivity contribution >= 4 is 5.96 Å². The fourth-order valence-corrected chi connectivity index (χ4v) is 2.91. The molecule has 0 amide bonds. The zero-order valence-electron chi connectivity index (χ0n) is 16.2. The highest BCUT2D eigenvalue weighted by Gasteiger charge is 2.07. The highest BCUT2D eigenvalue weighted by atomic mass is 15.2. The largest absolute Gasteiger partial charge is 0.354 e. The van der Waals surface area contributed by atoms with Crippen LogP contribution in [0.2, 0.25) is 0 Å². The number of nitrogens with one attached hydrogen (secondary N) is 2. The maximum Gasteiger partial charge on any atom is 0.191 e. The smallest absolute Gasteiger partial charge is 0.191 e. The van der Waals surface area contributed by atoms with Gasteiger partial charge in [0.15, 0.2) is 5.96 Å². The van der Waals surface area contributed by atoms with Gasteiger partial charge in [-0.3, -0.25) is 4.99 Å². The zero-order chi connectivity index (χ0) is 17.8. The van der Waals surface area contributed by atoms with Crippen LogP contribution in [0, 0.1) is 0 Å². The van der Waals surface area contributed by atoms with E-state index in [4.69, 9.17) is 0 Å². The van der Waals surface area contributed by atoms with Crippen molar-refractivity contribution < 1.29 is 0 Å². The molecule has 0 radical (unpaired) electrons. The fraction of sp³-hybridized carbons (Fsp3) is 0.650. The van der Waals surface area contributed by atoms with Gasteiger partial charge in [0, 0.05) is 19.6 Å². The Hall–Kier alpha value is -1.55. The van der Waals surface area contributed by atoms with E-state index >= 15 is 0 Å². The first kappa shape index (κ1) is 20.5. The molecule has 1 unspecified atom stereocenters. The fourth-order valence-electron chi connectivity index (χ4n) is 2.91. The van der Waals surface area contributed by atoms with E-state index < -0.39 is 0 Å². The van der Waals surface area contributed by atoms with Gasteiger partial charge in [-0.1, -0.05) is 45.0 Å². The summed E-state index contributed by atoms with van der Waals surface area (Å²) >= 11 is 0. The van der Waals surface area contributed by atoms with Crippen LogP contribution in [0.5, 0.6) is 0 Å². The Labute approximate surface area is 148 Å². The van der Waals surface area contributed by atoms with Gasteiger partial charge in [-0.05, 0) is 56.9 Å². The summed E-state index contributed by atoms with van der Waals surface area (Å²) in [6.45, 7) is 13.1. The molecule has 0 aromatic heterocycles. The molecule has 0 aliphatic carbocycles. The van der Waals surface area contributed by atoms with E-state index in [1.807, 2.05) is 7.05 Å². The maximum absolute atomic E-state index is 4.36. The van der Waals surface area contributed by atoms with Crippen LogP contribution >= 0.6 is 0 Å². The molecule has 0 saturated carbocycles. The van der Waals surface area contributed by atoms with Gasteiger partial charge >= 0.3 is 0 Å². The number of guanidine groups is 1. The molecule has 24 heavy (non-hydrogen) atoms. The number of aryl methyl sites for hydroxylation is 1. The molecule has 1 aromatic rings. The standard InChI is InChI=1S/C20H36N4/c1-6-18-13-9-10-14-19(18)16-22-20(21-5)23-17(4)12-11-15-24(7-2)8-3/h9-10,13-14,17H,6-8,11-12,15-16H2,1-5H3,(H2,21,22,23). The predicted octanol–water partition coefficient (Wildman–Crippen LogP) is 3.42. The van der Waals surface area contributed by atoms with E-state index in [2.05, 4.69) is 72.5 Å². The summed E-state index contributed by atoms with van der Waals surface area (Å²) in [5, 5.41) is 6.95. The van der Waals surface area contributed by atoms with Crippen LogP contribution in [0.1, 0.15) is 51.7 Å². The monoisotopic (exact) mass is 332 g/mol. The van der Waals surface area contributed by atoms with Crippen molar-refractivity contribution in [2.24, 2.45) is 4.99 Å². The van der Waals surface area contributed by atoms with E-state index in [0.29, 0.717) is 6.04 Å². The lowest BCUT2D eigenvalue weighted by Gasteiger charge is -2.21. The Morgan fingerprint density at radius 3 is 2.38 bits per heavy atom. The summed E-state index contributed by atoms with van der Waals surface area (Å²) in [7, 11) is 1.84. The van der Waals surface area contributed by atoms with E-state index in [1.165, 1.54) is 24.1 Å². The average Bonchev–Trinajstić information content (AvgIpc) is 2.62. The van der Waals surface area contributed by atoms with E-state index in [1.54, 1.807) is 0 Å². The molecular weight excluding hydrogens is 296 g/mol. The molecular formula is C20H36N4. The predicted molar refractivity (Wildman–Crippen MR) is 106 cm³/mol. The van der Waals surface area contributed by atoms with Gasteiger partial charge in [-0.25, -0.2) is 0 Å². The van der Waals surface area contributed by atoms with Gasteiger partial charge in [-0.15, -0.1) is 0 Å². The quantitative estimate of drug-likeness (QED) is 0.509. The molecule has 4 nitrogen and oxygen atoms in total. The summed E-state index contributed by atoms with van der Waals surface area (Å²) in [5.74, 6) is 0.885. The molecule has 1 atom stereocenters. The maximum atomic E-state index is 4.36. The highest BCUT2D eigenvalue weighted by molar-refractivity contribution is 5.79. The SMILES string of the molecule is CCc1ccccc1CNC(=NC)NC(C)CCCN(CC)CC. The van der Waals surface area contributed by atoms with Gasteiger partial charge in [0.2, 0.25) is 0 Å². The number of rotatable bonds is 10. The molecule has 0 fully saturated rings. The Balaban J connectivity index is 2.39. The number of benzene rings is 1. The third kappa shape index (κ3) is 7.35. The molecule has 0 heterocycles. The first-order chi connectivity index (χ1) is 11.6. The number of nitrogens with zero attached hydrogens (tertiary/aromatic N) is 2. The zero-order valence-corrected chi connectivity index (χ0v) is 16.2. The minimum absolute atomic E-state index is 0.424. The third-order valence-corrected chi connectivity index (χ3v) is 4.56. The Morgan fingerprint density at radius 2 is 1.79 bits per heavy atom. The van der Waals surface area contributed by atoms with E-state index in [0.717, 1.165) is 38.4 Å². The Morgan fingerprint density at radius 1 is 1.12 bits per heavy atom. The van der Waals surface area contributed by atoms with Crippen LogP contribution in [0.15, 0.2) is 29.3 Å². The lowest BCUT2D eigenvalue weighted by atomic mass is 10.1. The minimum atomic E-state index is 0.424. The van der Waals surface area contributed by atoms with E-state index in [-0.39, 0.29) is 0 Å². The number of hydrogen-bond acceptors (Lipinski definition) is 2. The van der Waals surface area contributed by atoms with Crippen molar-refractivity contribution in [1.82, 2.24) is 15.5 Å². The molecule has 0 saturated heterocycles. The van der Waals surface area contributed by atoms with Gasteiger partial charge in [0.05, 0.1) is 0 Å². The van der Waals surface area contributed by atoms with Crippen molar-refractivity contribution in [2.75, 3.05) is 26.7 Å². The molecule has 4 heteroatoms. The Bertz CT molecular complexity index is 480. The first-order valence-electron chi connectivity index (χ1n) is 9.40. The van der Waals surface area contributed by atoms with Crippen molar-refractivity contribution in [2.45, 2.75) is 59.5 Å². The van der Waals surface area contributed by atoms with Crippen LogP contribution in [0.25, 0.3) is 0 Å². The van der Waals surface area contributed by atoms with Crippen LogP contribution in [-0.2, 0) is 13.0 Å². The van der Waals surface area contributed by atoms with Crippen molar-refractivity contribution in [1.29, 1.82) is 0 Å². The molecule has 2 N–H and O–H groups in total. The van der Waals surface area contributed by atoms with E-state index in [9.17, 15) is 0 Å². The minimum Gasteiger partial charge on any atom is -0.354 e. The molecule has 0 bridgehead atoms. The number of aliphatic imine (C=N–C) groups is 1. The normalized spacial score (nSPS) is 13.2. The van der Waals surface area contributed by atoms with Crippen LogP contribution in [0.4, 0.5) is 0 Å². The highest BCUT2D eigenvalue weighted by Crippen LogP contribution is 2.09. The van der Waals surface area contributed by atoms with Crippen LogP contribution in [0.3, 0.4) is 0 Å².